The number of rotatable bonds is 4. The van der Waals surface area contributed by atoms with Crippen LogP contribution in [0.4, 0.5) is 0 Å². The van der Waals surface area contributed by atoms with Crippen LogP contribution in [-0.4, -0.2) is 99.4 Å². The molecule has 4 aliphatic carbocycles. The van der Waals surface area contributed by atoms with E-state index in [2.05, 4.69) is 10.3 Å². The largest absolute Gasteiger partial charge is 0.467 e. The average molecular weight is 627 g/mol. The van der Waals surface area contributed by atoms with E-state index in [1.807, 2.05) is 0 Å². The molecule has 16 heteroatoms. The maximum absolute atomic E-state index is 13.1. The van der Waals surface area contributed by atoms with E-state index in [-0.39, 0.29) is 11.4 Å². The number of hydrogen-bond donors (Lipinski definition) is 0. The second kappa shape index (κ2) is 9.15. The van der Waals surface area contributed by atoms with E-state index in [0.717, 1.165) is 0 Å². The summed E-state index contributed by atoms with van der Waals surface area (Å²) in [6, 6.07) is 0. The van der Waals surface area contributed by atoms with Gasteiger partial charge in [-0.1, -0.05) is 39.6 Å². The highest BCUT2D eigenvalue weighted by molar-refractivity contribution is 6.39. The lowest BCUT2D eigenvalue weighted by Crippen LogP contribution is -2.72. The molecule has 2 saturated heterocycles. The summed E-state index contributed by atoms with van der Waals surface area (Å²) in [7, 11) is 4.74. The minimum Gasteiger partial charge on any atom is -0.467 e. The molecule has 1 saturated carbocycles. The van der Waals surface area contributed by atoms with Crippen LogP contribution in [0.3, 0.4) is 0 Å². The van der Waals surface area contributed by atoms with Gasteiger partial charge in [-0.25, -0.2) is 19.2 Å². The molecule has 0 aromatic rings. The zero-order valence-corrected chi connectivity index (χ0v) is 24.0. The van der Waals surface area contributed by atoms with Gasteiger partial charge in [-0.2, -0.15) is 0 Å². The van der Waals surface area contributed by atoms with E-state index in [1.165, 1.54) is 28.4 Å². The van der Waals surface area contributed by atoms with Gasteiger partial charge in [-0.05, 0) is 6.08 Å². The summed E-state index contributed by atoms with van der Waals surface area (Å²) in [6.45, 7) is 0. The predicted octanol–water partition coefficient (Wildman–Crippen LogP) is 0.447. The molecular formula is C26H24Cl2N2O12. The third-order valence-electron chi connectivity index (χ3n) is 9.72. The number of esters is 4. The van der Waals surface area contributed by atoms with Crippen molar-refractivity contribution >= 4 is 58.5 Å². The number of carbonyl (C=O) groups is 4. The Morgan fingerprint density at radius 3 is 1.83 bits per heavy atom. The Hall–Kier alpha value is -3.20. The Morgan fingerprint density at radius 1 is 0.738 bits per heavy atom. The SMILES string of the molecule is COC(=O)C1=NOC23C4C=C(Cl)C([C@H]2O[C@H](C(=O)OC)[C@H]13)[C@@H]1C(Cl)=CC2O[C@H](C(=O)OC)[C@@H]3C(C(=O)OC)=NOC23[C@H]41. The van der Waals surface area contributed by atoms with Crippen LogP contribution in [-0.2, 0) is 57.3 Å². The number of nitrogens with zero attached hydrogens (tertiary/aromatic N) is 2. The third-order valence-corrected chi connectivity index (χ3v) is 10.5. The minimum absolute atomic E-state index is 0.166. The number of methoxy groups -OCH3 is 4. The van der Waals surface area contributed by atoms with Gasteiger partial charge in [-0.15, -0.1) is 0 Å². The maximum atomic E-state index is 13.1. The van der Waals surface area contributed by atoms with Crippen molar-refractivity contribution in [2.24, 2.45) is 45.8 Å². The second-order valence-corrected chi connectivity index (χ2v) is 11.9. The van der Waals surface area contributed by atoms with Gasteiger partial charge in [0.15, 0.2) is 34.8 Å². The summed E-state index contributed by atoms with van der Waals surface area (Å²) in [5.74, 6) is -8.24. The van der Waals surface area contributed by atoms with Crippen LogP contribution in [0.15, 0.2) is 32.5 Å². The van der Waals surface area contributed by atoms with Crippen molar-refractivity contribution in [1.29, 1.82) is 0 Å². The summed E-state index contributed by atoms with van der Waals surface area (Å²) in [5, 5.41) is 8.93. The highest BCUT2D eigenvalue weighted by Gasteiger charge is 2.84. The van der Waals surface area contributed by atoms with Crippen molar-refractivity contribution in [3.8, 4) is 0 Å². The first-order valence-electron chi connectivity index (χ1n) is 13.0. The molecule has 2 bridgehead atoms. The molecule has 8 aliphatic rings. The molecule has 3 fully saturated rings. The molecule has 4 heterocycles. The van der Waals surface area contributed by atoms with Crippen molar-refractivity contribution in [2.75, 3.05) is 28.4 Å². The molecule has 8 rings (SSSR count). The highest BCUT2D eigenvalue weighted by atomic mass is 35.5. The van der Waals surface area contributed by atoms with Crippen molar-refractivity contribution in [2.45, 2.75) is 35.6 Å². The molecule has 0 amide bonds. The van der Waals surface area contributed by atoms with Gasteiger partial charge in [0.25, 0.3) is 0 Å². The molecule has 224 valence electrons. The first-order valence-corrected chi connectivity index (χ1v) is 13.8. The Labute approximate surface area is 247 Å². The Kier molecular flexibility index (Phi) is 6.02. The van der Waals surface area contributed by atoms with E-state index in [4.69, 9.17) is 61.3 Å². The number of halogens is 2. The third kappa shape index (κ3) is 3.03. The topological polar surface area (TPSA) is 167 Å². The normalized spacial score (nSPS) is 44.8. The predicted molar refractivity (Wildman–Crippen MR) is 137 cm³/mol. The van der Waals surface area contributed by atoms with Gasteiger partial charge in [0.2, 0.25) is 0 Å². The van der Waals surface area contributed by atoms with Gasteiger partial charge >= 0.3 is 23.9 Å². The number of hydrogen-bond acceptors (Lipinski definition) is 14. The quantitative estimate of drug-likeness (QED) is 0.312. The highest BCUT2D eigenvalue weighted by Crippen LogP contribution is 2.71. The van der Waals surface area contributed by atoms with Crippen molar-refractivity contribution in [3.63, 3.8) is 0 Å². The first kappa shape index (κ1) is 27.6. The molecular weight excluding hydrogens is 603 g/mol. The van der Waals surface area contributed by atoms with Crippen molar-refractivity contribution < 1.29 is 57.3 Å². The van der Waals surface area contributed by atoms with E-state index >= 15 is 0 Å². The number of allylic oxidation sites excluding steroid dienone is 1. The van der Waals surface area contributed by atoms with Crippen LogP contribution in [0.5, 0.6) is 0 Å². The number of oxime groups is 2. The molecule has 4 aliphatic heterocycles. The van der Waals surface area contributed by atoms with Crippen LogP contribution in [0.25, 0.3) is 0 Å². The lowest BCUT2D eigenvalue weighted by molar-refractivity contribution is -0.231. The second-order valence-electron chi connectivity index (χ2n) is 11.0. The molecule has 2 spiro atoms. The van der Waals surface area contributed by atoms with Gasteiger partial charge in [-0.3, -0.25) is 0 Å². The van der Waals surface area contributed by atoms with Crippen LogP contribution >= 0.6 is 23.2 Å². The van der Waals surface area contributed by atoms with E-state index in [9.17, 15) is 19.2 Å². The lowest BCUT2D eigenvalue weighted by atomic mass is 9.45. The van der Waals surface area contributed by atoms with Crippen LogP contribution < -0.4 is 0 Å². The van der Waals surface area contributed by atoms with Gasteiger partial charge in [0, 0.05) is 33.7 Å². The van der Waals surface area contributed by atoms with E-state index < -0.39 is 95.0 Å². The van der Waals surface area contributed by atoms with Gasteiger partial charge in [0.1, 0.15) is 12.2 Å². The maximum Gasteiger partial charge on any atom is 0.356 e. The number of carbonyl (C=O) groups excluding carboxylic acids is 4. The monoisotopic (exact) mass is 626 g/mol. The molecule has 14 nitrogen and oxygen atoms in total. The first-order chi connectivity index (χ1) is 20.1. The smallest absolute Gasteiger partial charge is 0.356 e. The van der Waals surface area contributed by atoms with Gasteiger partial charge in [0.05, 0.1) is 40.3 Å². The molecule has 5 unspecified atom stereocenters. The molecule has 12 atom stereocenters. The fourth-order valence-electron chi connectivity index (χ4n) is 8.33. The molecule has 0 radical (unpaired) electrons. The van der Waals surface area contributed by atoms with E-state index in [0.29, 0.717) is 10.1 Å². The molecule has 0 aromatic heterocycles. The van der Waals surface area contributed by atoms with Crippen LogP contribution in [0.2, 0.25) is 0 Å². The Bertz CT molecular complexity index is 1440. The average Bonchev–Trinajstić information content (AvgIpc) is 3.73. The minimum atomic E-state index is -1.51. The summed E-state index contributed by atoms with van der Waals surface area (Å²) in [6.07, 6.45) is -1.18. The molecule has 0 N–H and O–H groups in total. The summed E-state index contributed by atoms with van der Waals surface area (Å²) in [4.78, 5) is 64.2. The van der Waals surface area contributed by atoms with Crippen molar-refractivity contribution in [1.82, 2.24) is 0 Å². The Morgan fingerprint density at radius 2 is 1.26 bits per heavy atom. The number of ether oxygens (including phenoxy) is 6. The van der Waals surface area contributed by atoms with Crippen LogP contribution in [0, 0.1) is 35.5 Å². The van der Waals surface area contributed by atoms with Crippen LogP contribution in [0.1, 0.15) is 0 Å². The fraction of sp³-hybridized carbons (Fsp3) is 0.615. The fourth-order valence-corrected chi connectivity index (χ4v) is 9.10. The van der Waals surface area contributed by atoms with Gasteiger partial charge < -0.3 is 38.1 Å². The standard InChI is InChI=1S/C26H24Cl2N2O12/c1-35-21(31)16-14-19(24(34)38-4)40-20-12-8(27)5-7(25(14,20)41-29-16)13-11(12)9(28)6-10-26(13)15(18(39-10)23(33)37-3)17(30-42-26)22(32)36-2/h5-7,10-15,18-20H,1-4H3/t7?,10?,11-,12?,13+,14-,15-,18-,19-,20+,25?,26?/m0/s1. The summed E-state index contributed by atoms with van der Waals surface area (Å²) in [5.41, 5.74) is -3.32. The summed E-state index contributed by atoms with van der Waals surface area (Å²) < 4.78 is 32.5. The lowest BCUT2D eigenvalue weighted by Gasteiger charge is -2.61. The Balaban J connectivity index is 1.43. The van der Waals surface area contributed by atoms with Crippen molar-refractivity contribution in [3.05, 3.63) is 22.2 Å². The zero-order valence-electron chi connectivity index (χ0n) is 22.5. The molecule has 42 heavy (non-hydrogen) atoms. The van der Waals surface area contributed by atoms with E-state index in [1.54, 1.807) is 12.2 Å². The molecule has 0 aromatic carbocycles. The zero-order chi connectivity index (χ0) is 29.9. The summed E-state index contributed by atoms with van der Waals surface area (Å²) >= 11 is 13.8.